The molecule has 0 radical (unpaired) electrons. The van der Waals surface area contributed by atoms with E-state index in [-0.39, 0.29) is 0 Å². The van der Waals surface area contributed by atoms with E-state index < -0.39 is 0 Å². The number of morpholine rings is 1. The Morgan fingerprint density at radius 1 is 1.33 bits per heavy atom. The third kappa shape index (κ3) is 5.68. The first-order valence-corrected chi connectivity index (χ1v) is 7.53. The summed E-state index contributed by atoms with van der Waals surface area (Å²) in [4.78, 5) is 2.50. The first-order chi connectivity index (χ1) is 8.46. The summed E-state index contributed by atoms with van der Waals surface area (Å²) in [5.74, 6) is 0. The van der Waals surface area contributed by atoms with Gasteiger partial charge in [-0.1, -0.05) is 34.6 Å². The molecule has 1 aliphatic rings. The largest absolute Gasteiger partial charge is 0.374 e. The minimum atomic E-state index is 0.362. The van der Waals surface area contributed by atoms with Crippen LogP contribution in [0.5, 0.6) is 0 Å². The molecule has 0 bridgehead atoms. The second-order valence-corrected chi connectivity index (χ2v) is 6.57. The molecule has 0 aromatic carbocycles. The zero-order valence-corrected chi connectivity index (χ0v) is 13.0. The van der Waals surface area contributed by atoms with Crippen LogP contribution >= 0.6 is 0 Å². The van der Waals surface area contributed by atoms with E-state index in [4.69, 9.17) is 4.74 Å². The summed E-state index contributed by atoms with van der Waals surface area (Å²) in [6, 6.07) is 0.503. The Balaban J connectivity index is 2.49. The molecule has 2 atom stereocenters. The quantitative estimate of drug-likeness (QED) is 0.790. The number of likely N-dealkylation sites (N-methyl/N-ethyl adjacent to an activating group) is 2. The minimum Gasteiger partial charge on any atom is -0.374 e. The van der Waals surface area contributed by atoms with E-state index >= 15 is 0 Å². The molecule has 1 aliphatic heterocycles. The van der Waals surface area contributed by atoms with E-state index in [1.54, 1.807) is 0 Å². The molecule has 0 aromatic heterocycles. The van der Waals surface area contributed by atoms with Crippen LogP contribution in [0.25, 0.3) is 0 Å². The van der Waals surface area contributed by atoms with E-state index in [2.05, 4.69) is 44.8 Å². The summed E-state index contributed by atoms with van der Waals surface area (Å²) in [7, 11) is 0. The lowest BCUT2D eigenvalue weighted by Crippen LogP contribution is -2.52. The first kappa shape index (κ1) is 15.9. The Bertz CT molecular complexity index is 225. The smallest absolute Gasteiger partial charge is 0.0855 e. The van der Waals surface area contributed by atoms with Crippen LogP contribution in [0, 0.1) is 5.41 Å². The van der Waals surface area contributed by atoms with Gasteiger partial charge in [0.25, 0.3) is 0 Å². The van der Waals surface area contributed by atoms with Crippen molar-refractivity contribution in [2.24, 2.45) is 5.41 Å². The molecule has 1 rings (SSSR count). The fourth-order valence-electron chi connectivity index (χ4n) is 2.53. The Morgan fingerprint density at radius 3 is 2.61 bits per heavy atom. The predicted molar refractivity (Wildman–Crippen MR) is 78.0 cm³/mol. The maximum absolute atomic E-state index is 5.99. The summed E-state index contributed by atoms with van der Waals surface area (Å²) >= 11 is 0. The highest BCUT2D eigenvalue weighted by Gasteiger charge is 2.27. The second kappa shape index (κ2) is 7.46. The summed E-state index contributed by atoms with van der Waals surface area (Å²) in [6.45, 7) is 16.6. The van der Waals surface area contributed by atoms with Crippen molar-refractivity contribution in [2.75, 3.05) is 32.8 Å². The third-order valence-electron chi connectivity index (χ3n) is 3.75. The summed E-state index contributed by atoms with van der Waals surface area (Å²) < 4.78 is 5.99. The Labute approximate surface area is 113 Å². The van der Waals surface area contributed by atoms with E-state index in [1.807, 2.05) is 0 Å². The number of hydrogen-bond acceptors (Lipinski definition) is 3. The molecule has 1 fully saturated rings. The molecule has 1 heterocycles. The maximum Gasteiger partial charge on any atom is 0.0855 e. The van der Waals surface area contributed by atoms with Crippen molar-refractivity contribution in [1.29, 1.82) is 0 Å². The van der Waals surface area contributed by atoms with Gasteiger partial charge in [-0.25, -0.2) is 0 Å². The molecule has 0 saturated carbocycles. The average molecular weight is 256 g/mol. The van der Waals surface area contributed by atoms with Crippen molar-refractivity contribution in [2.45, 2.75) is 59.6 Å². The molecule has 108 valence electrons. The van der Waals surface area contributed by atoms with Crippen LogP contribution in [0.4, 0.5) is 0 Å². The van der Waals surface area contributed by atoms with Crippen molar-refractivity contribution in [1.82, 2.24) is 10.2 Å². The monoisotopic (exact) mass is 256 g/mol. The van der Waals surface area contributed by atoms with Gasteiger partial charge in [0.05, 0.1) is 12.7 Å². The van der Waals surface area contributed by atoms with Gasteiger partial charge in [-0.05, 0) is 31.3 Å². The van der Waals surface area contributed by atoms with Crippen molar-refractivity contribution >= 4 is 0 Å². The van der Waals surface area contributed by atoms with Crippen LogP contribution in [0.1, 0.15) is 47.5 Å². The molecule has 0 amide bonds. The number of hydrogen-bond donors (Lipinski definition) is 1. The van der Waals surface area contributed by atoms with Gasteiger partial charge >= 0.3 is 0 Å². The number of nitrogens with zero attached hydrogens (tertiary/aromatic N) is 1. The van der Waals surface area contributed by atoms with Crippen LogP contribution < -0.4 is 5.32 Å². The molecular formula is C15H32N2O. The van der Waals surface area contributed by atoms with E-state index in [1.165, 1.54) is 12.8 Å². The van der Waals surface area contributed by atoms with Gasteiger partial charge in [-0.2, -0.15) is 0 Å². The number of nitrogens with one attached hydrogen (secondary N) is 1. The van der Waals surface area contributed by atoms with Gasteiger partial charge in [0.15, 0.2) is 0 Å². The molecule has 1 N–H and O–H groups in total. The van der Waals surface area contributed by atoms with Crippen molar-refractivity contribution in [3.05, 3.63) is 0 Å². The van der Waals surface area contributed by atoms with E-state index in [0.29, 0.717) is 17.6 Å². The molecule has 18 heavy (non-hydrogen) atoms. The lowest BCUT2D eigenvalue weighted by atomic mass is 9.87. The van der Waals surface area contributed by atoms with Gasteiger partial charge in [0, 0.05) is 19.1 Å². The minimum absolute atomic E-state index is 0.362. The second-order valence-electron chi connectivity index (χ2n) is 6.57. The van der Waals surface area contributed by atoms with Gasteiger partial charge < -0.3 is 10.1 Å². The fraction of sp³-hybridized carbons (Fsp3) is 1.00. The molecule has 1 saturated heterocycles. The van der Waals surface area contributed by atoms with Crippen molar-refractivity contribution in [3.8, 4) is 0 Å². The van der Waals surface area contributed by atoms with Gasteiger partial charge in [0.2, 0.25) is 0 Å². The van der Waals surface area contributed by atoms with E-state index in [0.717, 1.165) is 32.8 Å². The highest BCUT2D eigenvalue weighted by molar-refractivity contribution is 4.83. The molecule has 3 nitrogen and oxygen atoms in total. The normalized spacial score (nSPS) is 24.2. The number of ether oxygens (including phenoxy) is 1. The average Bonchev–Trinajstić information content (AvgIpc) is 2.33. The summed E-state index contributed by atoms with van der Waals surface area (Å²) in [5.41, 5.74) is 0.410. The summed E-state index contributed by atoms with van der Waals surface area (Å²) in [6.07, 6.45) is 2.82. The topological polar surface area (TPSA) is 24.5 Å². The zero-order chi connectivity index (χ0) is 13.6. The van der Waals surface area contributed by atoms with Crippen molar-refractivity contribution in [3.63, 3.8) is 0 Å². The van der Waals surface area contributed by atoms with Crippen LogP contribution in [0.15, 0.2) is 0 Å². The van der Waals surface area contributed by atoms with Crippen LogP contribution in [-0.2, 0) is 4.74 Å². The summed E-state index contributed by atoms with van der Waals surface area (Å²) in [5, 5.41) is 3.62. The molecule has 2 unspecified atom stereocenters. The van der Waals surface area contributed by atoms with Crippen molar-refractivity contribution < 1.29 is 4.74 Å². The SMILES string of the molecule is CCNC(CCC(C)(C)C)C1CN(CC)CCO1. The lowest BCUT2D eigenvalue weighted by molar-refractivity contribution is -0.0472. The first-order valence-electron chi connectivity index (χ1n) is 7.53. The molecule has 0 aliphatic carbocycles. The van der Waals surface area contributed by atoms with Crippen LogP contribution in [0.2, 0.25) is 0 Å². The maximum atomic E-state index is 5.99. The fourth-order valence-corrected chi connectivity index (χ4v) is 2.53. The highest BCUT2D eigenvalue weighted by atomic mass is 16.5. The zero-order valence-electron chi connectivity index (χ0n) is 13.0. The Morgan fingerprint density at radius 2 is 2.06 bits per heavy atom. The van der Waals surface area contributed by atoms with Gasteiger partial charge in [-0.3, -0.25) is 4.90 Å². The van der Waals surface area contributed by atoms with Gasteiger partial charge in [0.1, 0.15) is 0 Å². The molecule has 0 aromatic rings. The van der Waals surface area contributed by atoms with Crippen LogP contribution in [-0.4, -0.2) is 49.8 Å². The number of rotatable bonds is 6. The Kier molecular flexibility index (Phi) is 6.61. The molecule has 3 heteroatoms. The highest BCUT2D eigenvalue weighted by Crippen LogP contribution is 2.23. The molecule has 0 spiro atoms. The molecular weight excluding hydrogens is 224 g/mol. The Hall–Kier alpha value is -0.120. The van der Waals surface area contributed by atoms with E-state index in [9.17, 15) is 0 Å². The lowest BCUT2D eigenvalue weighted by Gasteiger charge is -2.37. The van der Waals surface area contributed by atoms with Gasteiger partial charge in [-0.15, -0.1) is 0 Å². The predicted octanol–water partition coefficient (Wildman–Crippen LogP) is 2.51. The third-order valence-corrected chi connectivity index (χ3v) is 3.75. The standard InChI is InChI=1S/C15H32N2O/c1-6-16-13(8-9-15(3,4)5)14-12-17(7-2)10-11-18-14/h13-14,16H,6-12H2,1-5H3. The van der Waals surface area contributed by atoms with Crippen LogP contribution in [0.3, 0.4) is 0 Å².